The maximum absolute atomic E-state index is 12.1. The highest BCUT2D eigenvalue weighted by Gasteiger charge is 2.70. The molecule has 3 saturated heterocycles. The van der Waals surface area contributed by atoms with Gasteiger partial charge in [0.1, 0.15) is 25.0 Å². The Balaban J connectivity index is 1.92. The topological polar surface area (TPSA) is 102 Å². The molecule has 8 heteroatoms. The highest BCUT2D eigenvalue weighted by Crippen LogP contribution is 2.50. The number of methoxy groups -OCH3 is 1. The number of nitrogens with zero attached hydrogens (tertiary/aromatic N) is 1. The summed E-state index contributed by atoms with van der Waals surface area (Å²) >= 11 is 0. The number of hydrogen-bond donors (Lipinski definition) is 1. The lowest BCUT2D eigenvalue weighted by atomic mass is 9.78. The van der Waals surface area contributed by atoms with E-state index in [4.69, 9.17) is 19.3 Å². The Morgan fingerprint density at radius 1 is 1.25 bits per heavy atom. The van der Waals surface area contributed by atoms with Crippen LogP contribution in [0.4, 0.5) is 0 Å². The average molecular weight is 285 g/mol. The number of aliphatic hydroxyl groups is 1. The van der Waals surface area contributed by atoms with Crippen LogP contribution < -0.4 is 0 Å². The summed E-state index contributed by atoms with van der Waals surface area (Å²) in [6, 6.07) is 0. The molecule has 0 aliphatic carbocycles. The molecule has 0 radical (unpaired) electrons. The van der Waals surface area contributed by atoms with Crippen molar-refractivity contribution in [1.82, 2.24) is 4.90 Å². The van der Waals surface area contributed by atoms with Crippen LogP contribution in [0.3, 0.4) is 0 Å². The van der Waals surface area contributed by atoms with E-state index in [0.29, 0.717) is 0 Å². The fourth-order valence-electron chi connectivity index (χ4n) is 3.49. The van der Waals surface area contributed by atoms with E-state index in [-0.39, 0.29) is 0 Å². The van der Waals surface area contributed by atoms with E-state index in [2.05, 4.69) is 0 Å². The number of hydrogen-bond acceptors (Lipinski definition) is 7. The van der Waals surface area contributed by atoms with Gasteiger partial charge in [0.05, 0.1) is 11.8 Å². The van der Waals surface area contributed by atoms with Gasteiger partial charge in [-0.05, 0) is 0 Å². The van der Waals surface area contributed by atoms with Crippen LogP contribution in [0.1, 0.15) is 6.92 Å². The summed E-state index contributed by atoms with van der Waals surface area (Å²) in [6.07, 6.45) is -2.63. The molecule has 1 N–H and O–H groups in total. The summed E-state index contributed by atoms with van der Waals surface area (Å²) in [5, 5.41) is 9.12. The molecule has 0 aromatic heterocycles. The minimum absolute atomic E-state index is 0.460. The number of ether oxygens (including phenoxy) is 3. The number of amides is 2. The van der Waals surface area contributed by atoms with Crippen LogP contribution in [0.15, 0.2) is 0 Å². The molecular weight excluding hydrogens is 270 g/mol. The average Bonchev–Trinajstić information content (AvgIpc) is 2.99. The van der Waals surface area contributed by atoms with E-state index in [1.54, 1.807) is 0 Å². The highest BCUT2D eigenvalue weighted by atomic mass is 16.6. The largest absolute Gasteiger partial charge is 0.457 e. The van der Waals surface area contributed by atoms with Crippen molar-refractivity contribution >= 4 is 17.8 Å². The Bertz CT molecular complexity index is 478. The summed E-state index contributed by atoms with van der Waals surface area (Å²) in [7, 11) is 1.44. The molecule has 0 saturated carbocycles. The second-order valence-corrected chi connectivity index (χ2v) is 5.14. The molecule has 0 spiro atoms. The number of esters is 1. The third-order valence-corrected chi connectivity index (χ3v) is 4.20. The van der Waals surface area contributed by atoms with Crippen molar-refractivity contribution in [3.8, 4) is 0 Å². The second kappa shape index (κ2) is 4.51. The number of rotatable bonds is 3. The van der Waals surface area contributed by atoms with Crippen molar-refractivity contribution in [2.24, 2.45) is 11.8 Å². The molecule has 0 aromatic carbocycles. The molecule has 3 fully saturated rings. The van der Waals surface area contributed by atoms with Crippen LogP contribution in [-0.4, -0.2) is 66.0 Å². The van der Waals surface area contributed by atoms with Gasteiger partial charge in [0.2, 0.25) is 11.8 Å². The van der Waals surface area contributed by atoms with Gasteiger partial charge in [-0.1, -0.05) is 0 Å². The van der Waals surface area contributed by atoms with Crippen molar-refractivity contribution in [3.63, 3.8) is 0 Å². The molecule has 20 heavy (non-hydrogen) atoms. The molecule has 3 aliphatic heterocycles. The van der Waals surface area contributed by atoms with E-state index in [9.17, 15) is 14.4 Å². The van der Waals surface area contributed by atoms with Gasteiger partial charge in [-0.2, -0.15) is 0 Å². The Labute approximate surface area is 114 Å². The Kier molecular flexibility index (Phi) is 3.03. The summed E-state index contributed by atoms with van der Waals surface area (Å²) < 4.78 is 16.1. The van der Waals surface area contributed by atoms with Gasteiger partial charge in [0.25, 0.3) is 0 Å². The van der Waals surface area contributed by atoms with Crippen LogP contribution >= 0.6 is 0 Å². The third kappa shape index (κ3) is 1.55. The molecule has 8 nitrogen and oxygen atoms in total. The van der Waals surface area contributed by atoms with Crippen LogP contribution in [0, 0.1) is 11.8 Å². The molecule has 2 bridgehead atoms. The summed E-state index contributed by atoms with van der Waals surface area (Å²) in [5.74, 6) is -2.83. The first-order chi connectivity index (χ1) is 9.51. The van der Waals surface area contributed by atoms with Crippen molar-refractivity contribution in [3.05, 3.63) is 0 Å². The smallest absolute Gasteiger partial charge is 0.303 e. The number of likely N-dealkylation sites (tertiary alicyclic amines) is 1. The van der Waals surface area contributed by atoms with Gasteiger partial charge in [-0.25, -0.2) is 0 Å². The fraction of sp³-hybridized carbons (Fsp3) is 0.750. The molecule has 110 valence electrons. The Hall–Kier alpha value is -1.51. The summed E-state index contributed by atoms with van der Waals surface area (Å²) in [5.41, 5.74) is 0. The van der Waals surface area contributed by atoms with Crippen molar-refractivity contribution in [2.75, 3.05) is 13.8 Å². The Morgan fingerprint density at radius 2 is 1.80 bits per heavy atom. The molecule has 0 aromatic rings. The maximum Gasteiger partial charge on any atom is 0.303 e. The Morgan fingerprint density at radius 3 is 2.25 bits per heavy atom. The lowest BCUT2D eigenvalue weighted by molar-refractivity contribution is -0.159. The zero-order valence-corrected chi connectivity index (χ0v) is 11.0. The van der Waals surface area contributed by atoms with Crippen LogP contribution in [0.5, 0.6) is 0 Å². The van der Waals surface area contributed by atoms with Crippen molar-refractivity contribution in [2.45, 2.75) is 31.3 Å². The van der Waals surface area contributed by atoms with Crippen LogP contribution in [0.25, 0.3) is 0 Å². The van der Waals surface area contributed by atoms with Gasteiger partial charge in [0, 0.05) is 14.0 Å². The van der Waals surface area contributed by atoms with Crippen molar-refractivity contribution in [1.29, 1.82) is 0 Å². The maximum atomic E-state index is 12.1. The third-order valence-electron chi connectivity index (χ3n) is 4.20. The first-order valence-electron chi connectivity index (χ1n) is 6.32. The predicted molar refractivity (Wildman–Crippen MR) is 60.9 cm³/mol. The second-order valence-electron chi connectivity index (χ2n) is 5.14. The quantitative estimate of drug-likeness (QED) is 0.485. The standard InChI is InChI=1S/C12H15NO7/c1-4(15)19-10-8-6-5(7(20-8)9(10)18-2)11(16)13(3-14)12(6)17/h5-10,14H,3H2,1-2H3. The van der Waals surface area contributed by atoms with Gasteiger partial charge in [-0.15, -0.1) is 0 Å². The first-order valence-corrected chi connectivity index (χ1v) is 6.32. The molecule has 6 atom stereocenters. The fourth-order valence-corrected chi connectivity index (χ4v) is 3.49. The normalized spacial score (nSPS) is 42.2. The van der Waals surface area contributed by atoms with Crippen LogP contribution in [0.2, 0.25) is 0 Å². The molecule has 6 unspecified atom stereocenters. The van der Waals surface area contributed by atoms with Gasteiger partial charge < -0.3 is 19.3 Å². The summed E-state index contributed by atoms with van der Waals surface area (Å²) in [4.78, 5) is 36.2. The van der Waals surface area contributed by atoms with Crippen LogP contribution in [-0.2, 0) is 28.6 Å². The summed E-state index contributed by atoms with van der Waals surface area (Å²) in [6.45, 7) is 0.609. The monoisotopic (exact) mass is 285 g/mol. The number of aliphatic hydroxyl groups excluding tert-OH is 1. The minimum atomic E-state index is -0.713. The highest BCUT2D eigenvalue weighted by molar-refractivity contribution is 6.06. The van der Waals surface area contributed by atoms with Gasteiger partial charge in [0.15, 0.2) is 6.10 Å². The lowest BCUT2D eigenvalue weighted by Crippen LogP contribution is -2.50. The zero-order valence-electron chi connectivity index (χ0n) is 11.0. The molecular formula is C12H15NO7. The van der Waals surface area contributed by atoms with E-state index in [0.717, 1.165) is 4.90 Å². The molecule has 3 heterocycles. The van der Waals surface area contributed by atoms with E-state index in [1.807, 2.05) is 0 Å². The van der Waals surface area contributed by atoms with Gasteiger partial charge >= 0.3 is 5.97 Å². The minimum Gasteiger partial charge on any atom is -0.457 e. The zero-order chi connectivity index (χ0) is 14.6. The number of fused-ring (bicyclic) bond motifs is 5. The number of carbonyl (C=O) groups excluding carboxylic acids is 3. The van der Waals surface area contributed by atoms with E-state index >= 15 is 0 Å². The van der Waals surface area contributed by atoms with Gasteiger partial charge in [-0.3, -0.25) is 19.3 Å². The number of imide groups is 1. The predicted octanol–water partition coefficient (Wildman–Crippen LogP) is -1.73. The SMILES string of the molecule is COC1C(OC(C)=O)C2OC1C1C(=O)N(CO)C(=O)C21. The van der Waals surface area contributed by atoms with E-state index < -0.39 is 60.8 Å². The van der Waals surface area contributed by atoms with Crippen molar-refractivity contribution < 1.29 is 33.7 Å². The molecule has 2 amide bonds. The first kappa shape index (κ1) is 13.5. The van der Waals surface area contributed by atoms with E-state index in [1.165, 1.54) is 14.0 Å². The number of carbonyl (C=O) groups is 3. The molecule has 3 aliphatic rings. The lowest BCUT2D eigenvalue weighted by Gasteiger charge is -2.30. The molecule has 3 rings (SSSR count).